The van der Waals surface area contributed by atoms with Gasteiger partial charge in [-0.1, -0.05) is 70.4 Å². The third-order valence-electron chi connectivity index (χ3n) is 13.8. The summed E-state index contributed by atoms with van der Waals surface area (Å²) in [5.41, 5.74) is 0. The van der Waals surface area contributed by atoms with Crippen molar-refractivity contribution in [2.24, 2.45) is 0 Å². The van der Waals surface area contributed by atoms with Crippen LogP contribution in [0.1, 0.15) is 131 Å². The van der Waals surface area contributed by atoms with Gasteiger partial charge in [0.2, 0.25) is 23.6 Å². The Morgan fingerprint density at radius 1 is 0.566 bits per heavy atom. The number of aliphatic hydroxyl groups is 7. The molecule has 4 aliphatic rings. The zero-order valence-electron chi connectivity index (χ0n) is 44.3. The van der Waals surface area contributed by atoms with Crippen molar-refractivity contribution >= 4 is 34.0 Å². The van der Waals surface area contributed by atoms with Crippen LogP contribution in [0.25, 0.3) is 0 Å². The number of carbonyl (C=O) groups is 4. The van der Waals surface area contributed by atoms with Gasteiger partial charge in [0.1, 0.15) is 73.1 Å². The highest BCUT2D eigenvalue weighted by atomic mass is 32.3. The Hall–Kier alpha value is -3.07. The van der Waals surface area contributed by atoms with Gasteiger partial charge in [-0.3, -0.25) is 23.7 Å². The summed E-state index contributed by atoms with van der Waals surface area (Å²) in [4.78, 5) is 50.6. The van der Waals surface area contributed by atoms with Crippen molar-refractivity contribution in [3.8, 4) is 0 Å². The minimum Gasteiger partial charge on any atom is -0.394 e. The summed E-state index contributed by atoms with van der Waals surface area (Å²) < 4.78 is 79.4. The maximum Gasteiger partial charge on any atom is 0.397 e. The molecule has 12 N–H and O–H groups in total. The minimum atomic E-state index is -5.05. The topological polar surface area (TPSA) is 386 Å². The third kappa shape index (κ3) is 20.5. The molecule has 440 valence electrons. The van der Waals surface area contributed by atoms with Crippen LogP contribution in [0.15, 0.2) is 12.2 Å². The monoisotopic (exact) mass is 1110 g/mol. The smallest absolute Gasteiger partial charge is 0.394 e. The number of hydrogen-bond acceptors (Lipinski definition) is 21. The maximum absolute atomic E-state index is 13.3. The van der Waals surface area contributed by atoms with E-state index in [1.807, 2.05) is 0 Å². The molecule has 0 aromatic heterocycles. The molecule has 4 rings (SSSR count). The number of rotatable bonds is 31. The lowest BCUT2D eigenvalue weighted by Gasteiger charge is -2.50. The summed E-state index contributed by atoms with van der Waals surface area (Å²) >= 11 is 0. The number of carbonyl (C=O) groups excluding carboxylic acids is 4. The Bertz CT molecular complexity index is 1910. The predicted molar refractivity (Wildman–Crippen MR) is 267 cm³/mol. The van der Waals surface area contributed by atoms with E-state index in [4.69, 9.17) is 33.2 Å². The van der Waals surface area contributed by atoms with Gasteiger partial charge >= 0.3 is 10.4 Å². The maximum atomic E-state index is 13.3. The summed E-state index contributed by atoms with van der Waals surface area (Å²) in [5.74, 6) is -2.40. The molecule has 4 saturated heterocycles. The average molecular weight is 1120 g/mol. The first-order valence-corrected chi connectivity index (χ1v) is 28.0. The molecule has 0 aliphatic carbocycles. The number of unbranched alkanes of at least 4 members (excludes halogenated alkanes) is 11. The van der Waals surface area contributed by atoms with E-state index < -0.39 is 177 Å². The second kappa shape index (κ2) is 32.9. The SMILES string of the molecule is CCCCCCCC/C=C\CCCCCCCC(=O)N[C@H]1[C@H](O[C@H]2C[C@@H](NC(C)=O)[C@H](O[C@H]3[C@H](O)[C@@H](NC(C)=O)[C@H](O[C@H]4C(O)[C@@H](NC(C)=O)C(C)O[C@@H]4COS(=O)(=O)O)O[C@@H]3CO)O[C@@H]2CO)O[C@H](CO)[C@@H](O)[C@@H]1O. The first-order valence-electron chi connectivity index (χ1n) is 26.6. The standard InChI is InChI=1S/C49H86N4O22S/c1-6-7-8-9-10-11-12-13-14-15-16-17-18-19-20-21-37(60)53-39-42(62)41(61)34(24-55)72-48(39)70-32-22-31(50-28(3)57)47(71-33(32)23-54)74-45-35(25-56)73-49(40(44(45)64)52-30(5)59)75-46-36(26-68-76(65,66)67)69-27(2)38(43(46)63)51-29(4)58/h13-14,27,31-36,38-49,54-56,61-64H,6-12,15-26H2,1-5H3,(H,50,57)(H,51,58)(H,52,59)(H,53,60)(H,65,66,67)/b14-13-/t27?,31-,32+,33-,34-,35-,36-,38+,39-,40-,41-,42-,43?,44-,45-,46-,47+,48-,49+/m1/s1. The van der Waals surface area contributed by atoms with Crippen LogP contribution in [0.5, 0.6) is 0 Å². The fourth-order valence-corrected chi connectivity index (χ4v) is 10.2. The molecule has 4 heterocycles. The van der Waals surface area contributed by atoms with Gasteiger partial charge in [0.25, 0.3) is 0 Å². The molecule has 27 heteroatoms. The fraction of sp³-hybridized carbons (Fsp3) is 0.878. The van der Waals surface area contributed by atoms with E-state index in [0.717, 1.165) is 45.4 Å². The second-order valence-electron chi connectivity index (χ2n) is 20.0. The highest BCUT2D eigenvalue weighted by Gasteiger charge is 2.54. The van der Waals surface area contributed by atoms with Gasteiger partial charge < -0.3 is 90.2 Å². The molecule has 76 heavy (non-hydrogen) atoms. The lowest BCUT2D eigenvalue weighted by atomic mass is 9.92. The molecule has 0 spiro atoms. The van der Waals surface area contributed by atoms with Gasteiger partial charge in [-0.05, 0) is 39.0 Å². The Morgan fingerprint density at radius 2 is 1.05 bits per heavy atom. The summed E-state index contributed by atoms with van der Waals surface area (Å²) in [5, 5.41) is 87.2. The van der Waals surface area contributed by atoms with Gasteiger partial charge in [0, 0.05) is 33.6 Å². The van der Waals surface area contributed by atoms with Gasteiger partial charge in [-0.25, -0.2) is 4.18 Å². The largest absolute Gasteiger partial charge is 0.397 e. The van der Waals surface area contributed by atoms with Crippen LogP contribution < -0.4 is 21.3 Å². The van der Waals surface area contributed by atoms with E-state index in [2.05, 4.69) is 44.5 Å². The van der Waals surface area contributed by atoms with Gasteiger partial charge in [-0.15, -0.1) is 0 Å². The zero-order valence-corrected chi connectivity index (χ0v) is 45.1. The Labute approximate surface area is 445 Å². The second-order valence-corrected chi connectivity index (χ2v) is 21.1. The first kappa shape index (κ1) is 65.4. The summed E-state index contributed by atoms with van der Waals surface area (Å²) in [6.07, 6.45) is -4.72. The fourth-order valence-electron chi connectivity index (χ4n) is 9.91. The van der Waals surface area contributed by atoms with Crippen LogP contribution in [-0.4, -0.2) is 215 Å². The van der Waals surface area contributed by atoms with Crippen LogP contribution in [0, 0.1) is 0 Å². The van der Waals surface area contributed by atoms with Crippen LogP contribution in [0.3, 0.4) is 0 Å². The molecular weight excluding hydrogens is 1030 g/mol. The average Bonchev–Trinajstić information content (AvgIpc) is 3.35. The number of nitrogens with one attached hydrogen (secondary N) is 4. The number of aliphatic hydroxyl groups excluding tert-OH is 7. The molecule has 0 aromatic carbocycles. The summed E-state index contributed by atoms with van der Waals surface area (Å²) in [6.45, 7) is 3.75. The number of amides is 4. The lowest BCUT2D eigenvalue weighted by Crippen LogP contribution is -2.70. The van der Waals surface area contributed by atoms with Crippen LogP contribution in [0.2, 0.25) is 0 Å². The van der Waals surface area contributed by atoms with Crippen molar-refractivity contribution < 1.29 is 105 Å². The number of ether oxygens (including phenoxy) is 7. The molecule has 4 fully saturated rings. The molecule has 4 aliphatic heterocycles. The summed E-state index contributed by atoms with van der Waals surface area (Å²) in [7, 11) is -5.05. The van der Waals surface area contributed by atoms with Crippen molar-refractivity contribution in [3.05, 3.63) is 12.2 Å². The van der Waals surface area contributed by atoms with E-state index in [9.17, 15) is 67.9 Å². The highest BCUT2D eigenvalue weighted by Crippen LogP contribution is 2.35. The Balaban J connectivity index is 1.44. The van der Waals surface area contributed by atoms with E-state index in [0.29, 0.717) is 6.42 Å². The van der Waals surface area contributed by atoms with Crippen LogP contribution in [0.4, 0.5) is 0 Å². The highest BCUT2D eigenvalue weighted by molar-refractivity contribution is 7.80. The van der Waals surface area contributed by atoms with Gasteiger partial charge in [-0.2, -0.15) is 8.42 Å². The molecule has 2 unspecified atom stereocenters. The van der Waals surface area contributed by atoms with Crippen molar-refractivity contribution in [1.82, 2.24) is 21.3 Å². The Morgan fingerprint density at radius 3 is 1.63 bits per heavy atom. The first-order chi connectivity index (χ1) is 36.1. The molecule has 0 radical (unpaired) electrons. The van der Waals surface area contributed by atoms with Crippen molar-refractivity contribution in [1.29, 1.82) is 0 Å². The van der Waals surface area contributed by atoms with Crippen LogP contribution >= 0.6 is 0 Å². The Kier molecular flexibility index (Phi) is 28.3. The van der Waals surface area contributed by atoms with Crippen molar-refractivity contribution in [3.63, 3.8) is 0 Å². The van der Waals surface area contributed by atoms with E-state index in [1.54, 1.807) is 0 Å². The summed E-state index contributed by atoms with van der Waals surface area (Å²) in [6, 6.07) is -5.34. The predicted octanol–water partition coefficient (Wildman–Crippen LogP) is -1.23. The van der Waals surface area contributed by atoms with Crippen molar-refractivity contribution in [2.45, 2.75) is 247 Å². The number of hydrogen-bond donors (Lipinski definition) is 12. The zero-order chi connectivity index (χ0) is 56.1. The van der Waals surface area contributed by atoms with Gasteiger partial charge in [0.05, 0.1) is 50.7 Å². The molecule has 0 saturated carbocycles. The van der Waals surface area contributed by atoms with Crippen LogP contribution in [-0.2, 0) is 66.9 Å². The van der Waals surface area contributed by atoms with E-state index in [1.165, 1.54) is 59.3 Å². The normalized spacial score (nSPS) is 35.1. The molecule has 0 aromatic rings. The van der Waals surface area contributed by atoms with Gasteiger partial charge in [0.15, 0.2) is 18.9 Å². The molecule has 26 nitrogen and oxygen atoms in total. The minimum absolute atomic E-state index is 0.0894. The molecule has 0 bridgehead atoms. The van der Waals surface area contributed by atoms with Crippen molar-refractivity contribution in [2.75, 3.05) is 26.4 Å². The third-order valence-corrected chi connectivity index (χ3v) is 14.2. The molecule has 4 amide bonds. The van der Waals surface area contributed by atoms with E-state index >= 15 is 0 Å². The quantitative estimate of drug-likeness (QED) is 0.0220. The molecule has 19 atom stereocenters. The number of allylic oxidation sites excluding steroid dienone is 2. The molecular formula is C49H86N4O22S. The van der Waals surface area contributed by atoms with E-state index in [-0.39, 0.29) is 12.8 Å². The lowest BCUT2D eigenvalue weighted by molar-refractivity contribution is -0.349.